The van der Waals surface area contributed by atoms with Gasteiger partial charge in [-0.15, -0.1) is 11.3 Å². The van der Waals surface area contributed by atoms with Crippen LogP contribution in [0.15, 0.2) is 34.5 Å². The topological polar surface area (TPSA) is 57.7 Å². The molecule has 1 aromatic carbocycles. The molecule has 1 fully saturated rings. The van der Waals surface area contributed by atoms with Crippen LogP contribution in [0, 0.1) is 6.92 Å². The van der Waals surface area contributed by atoms with E-state index < -0.39 is 10.0 Å². The zero-order valence-corrected chi connectivity index (χ0v) is 16.6. The molecule has 0 spiro atoms. The molecule has 1 saturated heterocycles. The maximum Gasteiger partial charge on any atom is 0.253 e. The summed E-state index contributed by atoms with van der Waals surface area (Å²) in [6.07, 6.45) is 0. The number of hydrogen-bond acceptors (Lipinski definition) is 4. The highest BCUT2D eigenvalue weighted by Gasteiger charge is 2.31. The summed E-state index contributed by atoms with van der Waals surface area (Å²) >= 11 is 13.1. The van der Waals surface area contributed by atoms with E-state index in [2.05, 4.69) is 0 Å². The average Bonchev–Trinajstić information content (AvgIpc) is 3.04. The lowest BCUT2D eigenvalue weighted by molar-refractivity contribution is 0.0698. The summed E-state index contributed by atoms with van der Waals surface area (Å²) in [4.78, 5) is 15.1. The summed E-state index contributed by atoms with van der Waals surface area (Å²) in [6, 6.07) is 8.15. The van der Waals surface area contributed by atoms with Gasteiger partial charge in [-0.2, -0.15) is 4.31 Å². The standard InChI is InChI=1S/C16H16Cl2N2O3S2/c1-11-2-5-15(24-11)25(22,23)20-8-6-19(7-9-20)16(21)12-3-4-13(17)14(18)10-12/h2-5,10H,6-9H2,1H3. The number of rotatable bonds is 3. The summed E-state index contributed by atoms with van der Waals surface area (Å²) in [5, 5.41) is 0.710. The van der Waals surface area contributed by atoms with Crippen molar-refractivity contribution in [2.24, 2.45) is 0 Å². The fourth-order valence-electron chi connectivity index (χ4n) is 2.62. The highest BCUT2D eigenvalue weighted by molar-refractivity contribution is 7.91. The van der Waals surface area contributed by atoms with Crippen LogP contribution in [0.2, 0.25) is 10.0 Å². The second-order valence-corrected chi connectivity index (χ2v) is 9.96. The second-order valence-electron chi connectivity index (χ2n) is 5.69. The number of hydrogen-bond donors (Lipinski definition) is 0. The molecule has 1 aromatic heterocycles. The SMILES string of the molecule is Cc1ccc(S(=O)(=O)N2CCN(C(=O)c3ccc(Cl)c(Cl)c3)CC2)s1. The van der Waals surface area contributed by atoms with E-state index in [1.165, 1.54) is 21.7 Å². The Kier molecular flexibility index (Phi) is 5.41. The minimum Gasteiger partial charge on any atom is -0.336 e. The normalized spacial score (nSPS) is 16.2. The zero-order chi connectivity index (χ0) is 18.2. The third-order valence-electron chi connectivity index (χ3n) is 4.00. The molecule has 3 rings (SSSR count). The van der Waals surface area contributed by atoms with Gasteiger partial charge < -0.3 is 4.90 Å². The number of sulfonamides is 1. The van der Waals surface area contributed by atoms with Crippen molar-refractivity contribution in [3.8, 4) is 0 Å². The van der Waals surface area contributed by atoms with Gasteiger partial charge in [-0.1, -0.05) is 23.2 Å². The summed E-state index contributed by atoms with van der Waals surface area (Å²) in [5.74, 6) is -0.178. The largest absolute Gasteiger partial charge is 0.336 e. The maximum atomic E-state index is 12.6. The minimum absolute atomic E-state index is 0.178. The fraction of sp³-hybridized carbons (Fsp3) is 0.312. The fourth-order valence-corrected chi connectivity index (χ4v) is 5.78. The molecule has 2 aromatic rings. The molecular formula is C16H16Cl2N2O3S2. The molecule has 1 aliphatic rings. The van der Waals surface area contributed by atoms with Crippen LogP contribution in [0.3, 0.4) is 0 Å². The van der Waals surface area contributed by atoms with Crippen molar-refractivity contribution >= 4 is 50.5 Å². The van der Waals surface area contributed by atoms with Gasteiger partial charge in [0.15, 0.2) is 0 Å². The number of carbonyl (C=O) groups is 1. The minimum atomic E-state index is -3.49. The Hall–Kier alpha value is -1.12. The van der Waals surface area contributed by atoms with E-state index in [0.29, 0.717) is 32.9 Å². The van der Waals surface area contributed by atoms with Crippen molar-refractivity contribution in [1.82, 2.24) is 9.21 Å². The van der Waals surface area contributed by atoms with Gasteiger partial charge in [0, 0.05) is 36.6 Å². The Labute approximate surface area is 160 Å². The van der Waals surface area contributed by atoms with E-state index in [0.717, 1.165) is 4.88 Å². The van der Waals surface area contributed by atoms with Crippen LogP contribution in [-0.2, 0) is 10.0 Å². The van der Waals surface area contributed by atoms with Crippen molar-refractivity contribution in [3.05, 3.63) is 50.8 Å². The second kappa shape index (κ2) is 7.25. The van der Waals surface area contributed by atoms with E-state index in [-0.39, 0.29) is 19.0 Å². The van der Waals surface area contributed by atoms with Gasteiger partial charge in [-0.05, 0) is 37.3 Å². The third kappa shape index (κ3) is 3.85. The van der Waals surface area contributed by atoms with Crippen molar-refractivity contribution in [1.29, 1.82) is 0 Å². The van der Waals surface area contributed by atoms with Crippen molar-refractivity contribution in [3.63, 3.8) is 0 Å². The molecule has 0 saturated carbocycles. The number of aryl methyl sites for hydroxylation is 1. The van der Waals surface area contributed by atoms with Crippen LogP contribution in [0.4, 0.5) is 0 Å². The van der Waals surface area contributed by atoms with Crippen molar-refractivity contribution in [2.75, 3.05) is 26.2 Å². The number of amides is 1. The van der Waals surface area contributed by atoms with Gasteiger partial charge in [0.2, 0.25) is 0 Å². The highest BCUT2D eigenvalue weighted by Crippen LogP contribution is 2.26. The van der Waals surface area contributed by atoms with E-state index in [9.17, 15) is 13.2 Å². The van der Waals surface area contributed by atoms with Gasteiger partial charge in [-0.25, -0.2) is 8.42 Å². The molecule has 1 aliphatic heterocycles. The number of benzene rings is 1. The van der Waals surface area contributed by atoms with Crippen LogP contribution >= 0.6 is 34.5 Å². The predicted molar refractivity (Wildman–Crippen MR) is 100 cm³/mol. The molecular weight excluding hydrogens is 403 g/mol. The molecule has 0 atom stereocenters. The molecule has 0 aliphatic carbocycles. The Bertz CT molecular complexity index is 904. The monoisotopic (exact) mass is 418 g/mol. The summed E-state index contributed by atoms with van der Waals surface area (Å²) in [5.41, 5.74) is 0.444. The predicted octanol–water partition coefficient (Wildman–Crippen LogP) is 3.51. The van der Waals surface area contributed by atoms with Crippen LogP contribution in [0.5, 0.6) is 0 Å². The van der Waals surface area contributed by atoms with Crippen LogP contribution in [0.25, 0.3) is 0 Å². The first-order valence-corrected chi connectivity index (χ1v) is 10.6. The molecule has 0 bridgehead atoms. The number of nitrogens with zero attached hydrogens (tertiary/aromatic N) is 2. The summed E-state index contributed by atoms with van der Waals surface area (Å²) in [6.45, 7) is 3.08. The number of halogens is 2. The third-order valence-corrected chi connectivity index (χ3v) is 8.11. The highest BCUT2D eigenvalue weighted by atomic mass is 35.5. The van der Waals surface area contributed by atoms with Crippen LogP contribution < -0.4 is 0 Å². The lowest BCUT2D eigenvalue weighted by Crippen LogP contribution is -2.50. The van der Waals surface area contributed by atoms with E-state index >= 15 is 0 Å². The average molecular weight is 419 g/mol. The molecule has 0 N–H and O–H groups in total. The maximum absolute atomic E-state index is 12.6. The number of thiophene rings is 1. The smallest absolute Gasteiger partial charge is 0.253 e. The van der Waals surface area contributed by atoms with Crippen LogP contribution in [-0.4, -0.2) is 49.7 Å². The van der Waals surface area contributed by atoms with Crippen molar-refractivity contribution in [2.45, 2.75) is 11.1 Å². The summed E-state index contributed by atoms with van der Waals surface area (Å²) < 4.78 is 27.0. The lowest BCUT2D eigenvalue weighted by atomic mass is 10.2. The zero-order valence-electron chi connectivity index (χ0n) is 13.4. The first kappa shape index (κ1) is 18.7. The number of piperazine rings is 1. The molecule has 25 heavy (non-hydrogen) atoms. The Morgan fingerprint density at radius 3 is 2.28 bits per heavy atom. The molecule has 134 valence electrons. The molecule has 0 radical (unpaired) electrons. The van der Waals surface area contributed by atoms with E-state index in [1.807, 2.05) is 6.92 Å². The Morgan fingerprint density at radius 1 is 1.04 bits per heavy atom. The van der Waals surface area contributed by atoms with E-state index in [1.54, 1.807) is 29.2 Å². The Balaban J connectivity index is 1.69. The van der Waals surface area contributed by atoms with Gasteiger partial charge in [0.25, 0.3) is 15.9 Å². The molecule has 9 heteroatoms. The van der Waals surface area contributed by atoms with Crippen molar-refractivity contribution < 1.29 is 13.2 Å². The van der Waals surface area contributed by atoms with Gasteiger partial charge in [0.05, 0.1) is 10.0 Å². The Morgan fingerprint density at radius 2 is 1.72 bits per heavy atom. The molecule has 0 unspecified atom stereocenters. The van der Waals surface area contributed by atoms with Crippen LogP contribution in [0.1, 0.15) is 15.2 Å². The molecule has 2 heterocycles. The van der Waals surface area contributed by atoms with Gasteiger partial charge >= 0.3 is 0 Å². The molecule has 5 nitrogen and oxygen atoms in total. The van der Waals surface area contributed by atoms with Gasteiger partial charge in [-0.3, -0.25) is 4.79 Å². The first-order valence-electron chi connectivity index (χ1n) is 7.60. The first-order chi connectivity index (χ1) is 11.8. The number of carbonyl (C=O) groups excluding carboxylic acids is 1. The van der Waals surface area contributed by atoms with E-state index in [4.69, 9.17) is 23.2 Å². The van der Waals surface area contributed by atoms with Gasteiger partial charge in [0.1, 0.15) is 4.21 Å². The molecule has 1 amide bonds. The quantitative estimate of drug-likeness (QED) is 0.765. The lowest BCUT2D eigenvalue weighted by Gasteiger charge is -2.33. The summed E-state index contributed by atoms with van der Waals surface area (Å²) in [7, 11) is -3.49.